The normalized spacial score (nSPS) is 11.2. The first-order chi connectivity index (χ1) is 10.1. The van der Waals surface area contributed by atoms with E-state index in [-0.39, 0.29) is 6.10 Å². The summed E-state index contributed by atoms with van der Waals surface area (Å²) in [7, 11) is 0. The van der Waals surface area contributed by atoms with Crippen LogP contribution in [-0.4, -0.2) is 32.9 Å². The fourth-order valence-electron chi connectivity index (χ4n) is 1.94. The first kappa shape index (κ1) is 15.7. The Kier molecular flexibility index (Phi) is 5.52. The van der Waals surface area contributed by atoms with Gasteiger partial charge in [-0.3, -0.25) is 0 Å². The van der Waals surface area contributed by atoms with Crippen LogP contribution in [0.3, 0.4) is 0 Å². The fraction of sp³-hybridized carbons (Fsp3) is 0.500. The topological polar surface area (TPSA) is 78.8 Å². The van der Waals surface area contributed by atoms with Gasteiger partial charge in [0.05, 0.1) is 11.1 Å². The number of unbranched alkanes of at least 4 members (excludes halogenated alkanes) is 1. The molecule has 0 fully saturated rings. The van der Waals surface area contributed by atoms with Gasteiger partial charge >= 0.3 is 0 Å². The summed E-state index contributed by atoms with van der Waals surface area (Å²) in [6.45, 7) is 5.54. The van der Waals surface area contributed by atoms with E-state index in [1.807, 2.05) is 19.9 Å². The molecule has 1 aromatic heterocycles. The predicted molar refractivity (Wildman–Crippen MR) is 83.0 cm³/mol. The van der Waals surface area contributed by atoms with E-state index in [0.717, 1.165) is 31.6 Å². The SMILES string of the molecule is CC(C)OCCCCn1nnnc1-c1ccc(N)cc1Cl. The lowest BCUT2D eigenvalue weighted by molar-refractivity contribution is 0.0753. The Morgan fingerprint density at radius 3 is 2.86 bits per heavy atom. The predicted octanol–water partition coefficient (Wildman–Crippen LogP) is 2.78. The molecule has 0 radical (unpaired) electrons. The number of aromatic nitrogens is 4. The molecule has 0 atom stereocenters. The fourth-order valence-corrected chi connectivity index (χ4v) is 2.22. The molecule has 1 aromatic carbocycles. The molecule has 0 amide bonds. The van der Waals surface area contributed by atoms with Gasteiger partial charge in [-0.05, 0) is 55.3 Å². The van der Waals surface area contributed by atoms with Crippen molar-refractivity contribution in [3.8, 4) is 11.4 Å². The minimum atomic E-state index is 0.266. The molecule has 0 aliphatic carbocycles. The van der Waals surface area contributed by atoms with Gasteiger partial charge < -0.3 is 10.5 Å². The summed E-state index contributed by atoms with van der Waals surface area (Å²) in [6, 6.07) is 5.32. The number of nitrogens with two attached hydrogens (primary N) is 1. The first-order valence-electron chi connectivity index (χ1n) is 7.01. The standard InChI is InChI=1S/C14H20ClN5O/c1-10(2)21-8-4-3-7-20-14(17-18-19-20)12-6-5-11(16)9-13(12)15/h5-6,9-10H,3-4,7-8,16H2,1-2H3. The van der Waals surface area contributed by atoms with Crippen LogP contribution in [0.15, 0.2) is 18.2 Å². The van der Waals surface area contributed by atoms with E-state index in [4.69, 9.17) is 22.1 Å². The van der Waals surface area contributed by atoms with Crippen molar-refractivity contribution in [2.75, 3.05) is 12.3 Å². The van der Waals surface area contributed by atoms with E-state index >= 15 is 0 Å². The third kappa shape index (κ3) is 4.41. The summed E-state index contributed by atoms with van der Waals surface area (Å²) in [4.78, 5) is 0. The third-order valence-electron chi connectivity index (χ3n) is 2.98. The van der Waals surface area contributed by atoms with Crippen LogP contribution in [0.25, 0.3) is 11.4 Å². The molecule has 0 aliphatic rings. The summed E-state index contributed by atoms with van der Waals surface area (Å²) in [6.07, 6.45) is 2.17. The van der Waals surface area contributed by atoms with Crippen molar-refractivity contribution in [1.29, 1.82) is 0 Å². The van der Waals surface area contributed by atoms with Crippen LogP contribution in [-0.2, 0) is 11.3 Å². The summed E-state index contributed by atoms with van der Waals surface area (Å²) < 4.78 is 7.27. The molecule has 0 aliphatic heterocycles. The number of aryl methyl sites for hydroxylation is 1. The van der Waals surface area contributed by atoms with Gasteiger partial charge in [0.2, 0.25) is 0 Å². The number of anilines is 1. The monoisotopic (exact) mass is 309 g/mol. The van der Waals surface area contributed by atoms with Crippen LogP contribution in [0, 0.1) is 0 Å². The van der Waals surface area contributed by atoms with Crippen LogP contribution in [0.4, 0.5) is 5.69 Å². The molecule has 2 aromatic rings. The van der Waals surface area contributed by atoms with Gasteiger partial charge in [-0.1, -0.05) is 11.6 Å². The molecule has 0 saturated heterocycles. The molecule has 114 valence electrons. The van der Waals surface area contributed by atoms with E-state index in [1.54, 1.807) is 16.8 Å². The van der Waals surface area contributed by atoms with Crippen LogP contribution < -0.4 is 5.73 Å². The maximum Gasteiger partial charge on any atom is 0.183 e. The quantitative estimate of drug-likeness (QED) is 0.628. The highest BCUT2D eigenvalue weighted by atomic mass is 35.5. The van der Waals surface area contributed by atoms with Gasteiger partial charge in [0.15, 0.2) is 5.82 Å². The van der Waals surface area contributed by atoms with E-state index < -0.39 is 0 Å². The minimum Gasteiger partial charge on any atom is -0.399 e. The zero-order valence-corrected chi connectivity index (χ0v) is 13.0. The van der Waals surface area contributed by atoms with Gasteiger partial charge in [-0.2, -0.15) is 0 Å². The molecule has 0 unspecified atom stereocenters. The Morgan fingerprint density at radius 2 is 2.14 bits per heavy atom. The second kappa shape index (κ2) is 7.38. The molecule has 6 nitrogen and oxygen atoms in total. The first-order valence-corrected chi connectivity index (χ1v) is 7.39. The Labute approximate surface area is 129 Å². The average Bonchev–Trinajstić information content (AvgIpc) is 2.86. The van der Waals surface area contributed by atoms with Crippen molar-refractivity contribution >= 4 is 17.3 Å². The largest absolute Gasteiger partial charge is 0.399 e. The van der Waals surface area contributed by atoms with Crippen LogP contribution in [0.1, 0.15) is 26.7 Å². The molecule has 1 heterocycles. The number of hydrogen-bond acceptors (Lipinski definition) is 5. The Bertz CT molecular complexity index is 584. The zero-order valence-electron chi connectivity index (χ0n) is 12.3. The third-order valence-corrected chi connectivity index (χ3v) is 3.29. The molecule has 21 heavy (non-hydrogen) atoms. The minimum absolute atomic E-state index is 0.266. The molecule has 0 saturated carbocycles. The highest BCUT2D eigenvalue weighted by molar-refractivity contribution is 6.33. The molecular weight excluding hydrogens is 290 g/mol. The summed E-state index contributed by atoms with van der Waals surface area (Å²) in [5.74, 6) is 0.657. The van der Waals surface area contributed by atoms with Gasteiger partial charge in [-0.25, -0.2) is 4.68 Å². The summed E-state index contributed by atoms with van der Waals surface area (Å²) in [5, 5.41) is 12.3. The van der Waals surface area contributed by atoms with Crippen molar-refractivity contribution in [2.24, 2.45) is 0 Å². The van der Waals surface area contributed by atoms with Gasteiger partial charge in [0.25, 0.3) is 0 Å². The summed E-state index contributed by atoms with van der Waals surface area (Å²) in [5.41, 5.74) is 7.11. The van der Waals surface area contributed by atoms with Crippen molar-refractivity contribution in [3.05, 3.63) is 23.2 Å². The van der Waals surface area contributed by atoms with Crippen molar-refractivity contribution in [1.82, 2.24) is 20.2 Å². The number of tetrazole rings is 1. The van der Waals surface area contributed by atoms with Gasteiger partial charge in [0.1, 0.15) is 0 Å². The number of halogens is 1. The Hall–Kier alpha value is -1.66. The van der Waals surface area contributed by atoms with E-state index in [9.17, 15) is 0 Å². The smallest absolute Gasteiger partial charge is 0.183 e. The maximum atomic E-state index is 6.20. The zero-order chi connectivity index (χ0) is 15.2. The lowest BCUT2D eigenvalue weighted by atomic mass is 10.2. The lowest BCUT2D eigenvalue weighted by Gasteiger charge is -2.08. The second-order valence-corrected chi connectivity index (χ2v) is 5.50. The van der Waals surface area contributed by atoms with Crippen molar-refractivity contribution in [3.63, 3.8) is 0 Å². The van der Waals surface area contributed by atoms with Gasteiger partial charge in [0, 0.05) is 24.4 Å². The number of nitrogens with zero attached hydrogens (tertiary/aromatic N) is 4. The number of hydrogen-bond donors (Lipinski definition) is 1. The Morgan fingerprint density at radius 1 is 1.33 bits per heavy atom. The number of ether oxygens (including phenoxy) is 1. The van der Waals surface area contributed by atoms with Crippen molar-refractivity contribution < 1.29 is 4.74 Å². The lowest BCUT2D eigenvalue weighted by Crippen LogP contribution is -2.07. The second-order valence-electron chi connectivity index (χ2n) is 5.09. The molecule has 2 rings (SSSR count). The maximum absolute atomic E-state index is 6.20. The van der Waals surface area contributed by atoms with Gasteiger partial charge in [-0.15, -0.1) is 5.10 Å². The summed E-state index contributed by atoms with van der Waals surface area (Å²) >= 11 is 6.20. The molecular formula is C14H20ClN5O. The Balaban J connectivity index is 1.98. The van der Waals surface area contributed by atoms with Crippen LogP contribution >= 0.6 is 11.6 Å². The number of nitrogen functional groups attached to an aromatic ring is 1. The van der Waals surface area contributed by atoms with Crippen LogP contribution in [0.2, 0.25) is 5.02 Å². The number of rotatable bonds is 7. The van der Waals surface area contributed by atoms with E-state index in [0.29, 0.717) is 16.5 Å². The van der Waals surface area contributed by atoms with E-state index in [1.165, 1.54) is 0 Å². The molecule has 0 spiro atoms. The van der Waals surface area contributed by atoms with Crippen molar-refractivity contribution in [2.45, 2.75) is 39.3 Å². The van der Waals surface area contributed by atoms with E-state index in [2.05, 4.69) is 15.5 Å². The average molecular weight is 310 g/mol. The molecule has 0 bridgehead atoms. The number of benzene rings is 1. The van der Waals surface area contributed by atoms with Crippen LogP contribution in [0.5, 0.6) is 0 Å². The molecule has 7 heteroatoms. The highest BCUT2D eigenvalue weighted by Crippen LogP contribution is 2.27. The molecule has 2 N–H and O–H groups in total. The highest BCUT2D eigenvalue weighted by Gasteiger charge is 2.12.